The monoisotopic (exact) mass is 390 g/mol. The van der Waals surface area contributed by atoms with Crippen LogP contribution in [0.4, 0.5) is 0 Å². The van der Waals surface area contributed by atoms with E-state index in [-0.39, 0.29) is 23.8 Å². The van der Waals surface area contributed by atoms with E-state index >= 15 is 0 Å². The van der Waals surface area contributed by atoms with Crippen LogP contribution in [0.2, 0.25) is 0 Å². The molecule has 24 heavy (non-hydrogen) atoms. The molecule has 0 saturated carbocycles. The second-order valence-corrected chi connectivity index (χ2v) is 20.5. The third-order valence-corrected chi connectivity index (χ3v) is 16.2. The quantitative estimate of drug-likeness (QED) is 0.367. The van der Waals surface area contributed by atoms with Gasteiger partial charge in [-0.05, 0) is 71.7 Å². The van der Waals surface area contributed by atoms with E-state index in [1.807, 2.05) is 0 Å². The van der Waals surface area contributed by atoms with Gasteiger partial charge in [-0.1, -0.05) is 62.3 Å². The van der Waals surface area contributed by atoms with Gasteiger partial charge in [0, 0.05) is 0 Å². The van der Waals surface area contributed by atoms with Crippen molar-refractivity contribution in [1.29, 1.82) is 0 Å². The molecule has 0 atom stereocenters. The van der Waals surface area contributed by atoms with Gasteiger partial charge in [0.15, 0.2) is 0 Å². The molecule has 0 aromatic heterocycles. The second-order valence-electron chi connectivity index (χ2n) is 10.5. The molecule has 1 fully saturated rings. The largest absolute Gasteiger partial charge is 0.101 e. The van der Waals surface area contributed by atoms with Crippen LogP contribution in [0.1, 0.15) is 81.6 Å². The zero-order valence-corrected chi connectivity index (χ0v) is 20.9. The van der Waals surface area contributed by atoms with Crippen LogP contribution >= 0.6 is 23.8 Å². The molecule has 0 spiro atoms. The molecule has 144 valence electrons. The first-order valence-corrected chi connectivity index (χ1v) is 15.2. The summed E-state index contributed by atoms with van der Waals surface area (Å²) in [6.45, 7) is 22.5. The third-order valence-electron chi connectivity index (χ3n) is 5.41. The molecule has 0 unspecified atom stereocenters. The fourth-order valence-corrected chi connectivity index (χ4v) is 12.4. The molecule has 0 N–H and O–H groups in total. The predicted molar refractivity (Wildman–Crippen MR) is 123 cm³/mol. The minimum Gasteiger partial charge on any atom is -0.101 e. The van der Waals surface area contributed by atoms with Gasteiger partial charge in [0.05, 0.1) is 0 Å². The fourth-order valence-electron chi connectivity index (χ4n) is 3.71. The number of hydrogen-bond acceptors (Lipinski definition) is 0. The van der Waals surface area contributed by atoms with Crippen LogP contribution in [0.3, 0.4) is 0 Å². The molecule has 0 aromatic carbocycles. The van der Waals surface area contributed by atoms with Crippen molar-refractivity contribution in [1.82, 2.24) is 0 Å². The summed E-state index contributed by atoms with van der Waals surface area (Å²) in [6.07, 6.45) is 13.7. The Labute approximate surface area is 158 Å². The minimum absolute atomic E-state index is 0.205. The van der Waals surface area contributed by atoms with Crippen molar-refractivity contribution in [3.8, 4) is 0 Å². The highest BCUT2D eigenvalue weighted by molar-refractivity contribution is 7.61. The Bertz CT molecular complexity index is 288. The first-order chi connectivity index (χ1) is 10.8. The van der Waals surface area contributed by atoms with E-state index in [1.165, 1.54) is 56.2 Å². The Morgan fingerprint density at radius 1 is 0.375 bits per heavy atom. The highest BCUT2D eigenvalue weighted by Gasteiger charge is 2.29. The normalized spacial score (nSPS) is 29.6. The molecular formula is C21H45P3. The first-order valence-electron chi connectivity index (χ1n) is 10.1. The molecule has 0 radical (unpaired) electrons. The summed E-state index contributed by atoms with van der Waals surface area (Å²) in [5.74, 6) is 0. The Balaban J connectivity index is 2.86. The summed E-state index contributed by atoms with van der Waals surface area (Å²) in [4.78, 5) is 0. The molecule has 1 heterocycles. The van der Waals surface area contributed by atoms with Crippen molar-refractivity contribution in [2.75, 3.05) is 37.0 Å². The van der Waals surface area contributed by atoms with Crippen LogP contribution in [0.5, 0.6) is 0 Å². The van der Waals surface area contributed by atoms with Gasteiger partial charge >= 0.3 is 0 Å². The van der Waals surface area contributed by atoms with Crippen LogP contribution in [-0.2, 0) is 0 Å². The van der Waals surface area contributed by atoms with Gasteiger partial charge in [-0.3, -0.25) is 0 Å². The average molecular weight is 391 g/mol. The summed E-state index contributed by atoms with van der Waals surface area (Å²) >= 11 is 0. The zero-order valence-electron chi connectivity index (χ0n) is 18.2. The smallest absolute Gasteiger partial charge is 0.0179 e. The van der Waals surface area contributed by atoms with Crippen LogP contribution in [0.15, 0.2) is 0 Å². The van der Waals surface area contributed by atoms with Gasteiger partial charge < -0.3 is 0 Å². The number of rotatable bonds is 0. The minimum atomic E-state index is 0.205. The molecule has 0 aromatic rings. The maximum Gasteiger partial charge on any atom is -0.0179 e. The average Bonchev–Trinajstić information content (AvgIpc) is 2.34. The maximum absolute atomic E-state index is 2.50. The molecule has 0 bridgehead atoms. The molecule has 0 amide bonds. The van der Waals surface area contributed by atoms with E-state index in [0.29, 0.717) is 15.5 Å². The first kappa shape index (κ1) is 23.3. The van der Waals surface area contributed by atoms with Crippen LogP contribution in [0.25, 0.3) is 0 Å². The lowest BCUT2D eigenvalue weighted by Gasteiger charge is -2.38. The van der Waals surface area contributed by atoms with Gasteiger partial charge in [-0.2, -0.15) is 0 Å². The Morgan fingerprint density at radius 2 is 0.542 bits per heavy atom. The Morgan fingerprint density at radius 3 is 0.667 bits per heavy atom. The van der Waals surface area contributed by atoms with Gasteiger partial charge in [0.2, 0.25) is 0 Å². The highest BCUT2D eigenvalue weighted by atomic mass is 31.1. The summed E-state index contributed by atoms with van der Waals surface area (Å²) in [5, 5.41) is 1.65. The van der Waals surface area contributed by atoms with Crippen molar-refractivity contribution in [3.63, 3.8) is 0 Å². The van der Waals surface area contributed by atoms with E-state index in [9.17, 15) is 0 Å². The second kappa shape index (κ2) is 9.48. The van der Waals surface area contributed by atoms with E-state index < -0.39 is 0 Å². The van der Waals surface area contributed by atoms with Crippen molar-refractivity contribution >= 4 is 23.8 Å². The molecule has 1 aliphatic rings. The molecule has 1 rings (SSSR count). The molecule has 3 heteroatoms. The van der Waals surface area contributed by atoms with Gasteiger partial charge in [0.1, 0.15) is 0 Å². The van der Waals surface area contributed by atoms with Crippen LogP contribution in [-0.4, -0.2) is 52.4 Å². The summed E-state index contributed by atoms with van der Waals surface area (Å²) in [6, 6.07) is 0. The fraction of sp³-hybridized carbons (Fsp3) is 1.00. The molecular weight excluding hydrogens is 345 g/mol. The Hall–Kier alpha value is 1.29. The van der Waals surface area contributed by atoms with Gasteiger partial charge in [-0.25, -0.2) is 0 Å². The van der Waals surface area contributed by atoms with Crippen molar-refractivity contribution in [2.45, 2.75) is 97.0 Å². The van der Waals surface area contributed by atoms with Crippen molar-refractivity contribution < 1.29 is 0 Å². The summed E-state index contributed by atoms with van der Waals surface area (Å²) in [7, 11) is 0.615. The van der Waals surface area contributed by atoms with Crippen molar-refractivity contribution in [3.05, 3.63) is 0 Å². The lowest BCUT2D eigenvalue weighted by molar-refractivity contribution is 0.756. The lowest BCUT2D eigenvalue weighted by atomic mass is 10.3. The van der Waals surface area contributed by atoms with Crippen LogP contribution in [0, 0.1) is 0 Å². The molecule has 1 saturated heterocycles. The highest BCUT2D eigenvalue weighted by Crippen LogP contribution is 2.57. The SMILES string of the molecule is CC(C)(C)P1CCCP(C(C)(C)C)CCCP(C(C)(C)C)CCC1. The Kier molecular flexibility index (Phi) is 9.21. The van der Waals surface area contributed by atoms with Crippen LogP contribution < -0.4 is 0 Å². The van der Waals surface area contributed by atoms with Gasteiger partial charge in [-0.15, -0.1) is 23.8 Å². The van der Waals surface area contributed by atoms with Gasteiger partial charge in [0.25, 0.3) is 0 Å². The predicted octanol–water partition coefficient (Wildman–Crippen LogP) is 8.01. The number of hydrogen-bond donors (Lipinski definition) is 0. The molecule has 0 aliphatic carbocycles. The van der Waals surface area contributed by atoms with E-state index in [4.69, 9.17) is 0 Å². The summed E-state index contributed by atoms with van der Waals surface area (Å²) < 4.78 is 0. The third kappa shape index (κ3) is 8.32. The zero-order chi connectivity index (χ0) is 18.6. The molecule has 0 nitrogen and oxygen atoms in total. The standard InChI is InChI=1S/C21H45P3/c1-19(2,3)22-13-10-15-23(20(4,5)6)17-12-18-24(16-11-14-22)21(7,8)9/h10-18H2,1-9H3. The molecule has 1 aliphatic heterocycles. The van der Waals surface area contributed by atoms with E-state index in [1.54, 1.807) is 0 Å². The summed E-state index contributed by atoms with van der Waals surface area (Å²) in [5.41, 5.74) is 0. The van der Waals surface area contributed by atoms with E-state index in [0.717, 1.165) is 0 Å². The van der Waals surface area contributed by atoms with Crippen molar-refractivity contribution in [2.24, 2.45) is 0 Å². The maximum atomic E-state index is 2.50. The topological polar surface area (TPSA) is 0 Å². The lowest BCUT2D eigenvalue weighted by Crippen LogP contribution is -2.21. The van der Waals surface area contributed by atoms with E-state index in [2.05, 4.69) is 62.3 Å².